The van der Waals surface area contributed by atoms with Gasteiger partial charge in [-0.25, -0.2) is 9.97 Å². The zero-order valence-electron chi connectivity index (χ0n) is 15.9. The van der Waals surface area contributed by atoms with Crippen molar-refractivity contribution >= 4 is 33.7 Å². The quantitative estimate of drug-likeness (QED) is 0.347. The van der Waals surface area contributed by atoms with E-state index in [0.29, 0.717) is 24.8 Å². The number of thiophene rings is 1. The molecule has 146 valence electrons. The zero-order chi connectivity index (χ0) is 20.1. The van der Waals surface area contributed by atoms with Crippen LogP contribution in [-0.2, 0) is 0 Å². The molecule has 0 fully saturated rings. The molecule has 0 amide bonds. The minimum Gasteiger partial charge on any atom is -0.504 e. The van der Waals surface area contributed by atoms with Crippen LogP contribution >= 0.6 is 11.3 Å². The fourth-order valence-corrected chi connectivity index (χ4v) is 3.84. The van der Waals surface area contributed by atoms with Gasteiger partial charge in [0.25, 0.3) is 0 Å². The first-order valence-corrected chi connectivity index (χ1v) is 10.0. The Hall–Kier alpha value is -3.45. The predicted octanol–water partition coefficient (Wildman–Crippen LogP) is 4.60. The Bertz CT molecular complexity index is 1140. The Kier molecular flexibility index (Phi) is 5.67. The average molecular weight is 404 g/mol. The van der Waals surface area contributed by atoms with Crippen LogP contribution < -0.4 is 10.1 Å². The number of phenolic OH excluding ortho intramolecular Hbond substituents is 1. The number of hydrogen-bond acceptors (Lipinski definition) is 7. The number of phenols is 1. The monoisotopic (exact) mass is 404 g/mol. The molecular formula is C22H20N4O2S. The number of nitrogens with zero attached hydrogens (tertiary/aromatic N) is 3. The number of benzene rings is 2. The number of methoxy groups -OCH3 is 1. The molecule has 0 aliphatic rings. The summed E-state index contributed by atoms with van der Waals surface area (Å²) in [7, 11) is 1.52. The van der Waals surface area contributed by atoms with Gasteiger partial charge in [0.1, 0.15) is 4.83 Å². The molecule has 0 aliphatic carbocycles. The Morgan fingerprint density at radius 2 is 2.07 bits per heavy atom. The van der Waals surface area contributed by atoms with Crippen LogP contribution in [0.25, 0.3) is 21.3 Å². The van der Waals surface area contributed by atoms with Crippen molar-refractivity contribution in [1.29, 1.82) is 0 Å². The Morgan fingerprint density at radius 1 is 1.21 bits per heavy atom. The van der Waals surface area contributed by atoms with Crippen molar-refractivity contribution in [3.05, 3.63) is 65.7 Å². The molecule has 4 aromatic rings. The molecule has 6 nitrogen and oxygen atoms in total. The van der Waals surface area contributed by atoms with Gasteiger partial charge < -0.3 is 15.2 Å². The molecule has 0 radical (unpaired) electrons. The second-order valence-electron chi connectivity index (χ2n) is 6.32. The number of anilines is 1. The number of aromatic hydroxyl groups is 1. The summed E-state index contributed by atoms with van der Waals surface area (Å²) in [5.74, 6) is 1.14. The third kappa shape index (κ3) is 4.35. The molecule has 2 aromatic carbocycles. The van der Waals surface area contributed by atoms with Crippen LogP contribution in [0, 0.1) is 0 Å². The van der Waals surface area contributed by atoms with E-state index in [9.17, 15) is 5.11 Å². The maximum atomic E-state index is 9.62. The van der Waals surface area contributed by atoms with Gasteiger partial charge in [-0.15, -0.1) is 11.3 Å². The van der Waals surface area contributed by atoms with Crippen LogP contribution in [0.2, 0.25) is 0 Å². The van der Waals surface area contributed by atoms with Crippen molar-refractivity contribution in [1.82, 2.24) is 9.97 Å². The third-order valence-corrected chi connectivity index (χ3v) is 5.27. The van der Waals surface area contributed by atoms with Crippen molar-refractivity contribution in [2.75, 3.05) is 25.5 Å². The lowest BCUT2D eigenvalue weighted by molar-refractivity contribution is 0.373. The van der Waals surface area contributed by atoms with E-state index in [1.807, 2.05) is 24.4 Å². The van der Waals surface area contributed by atoms with Gasteiger partial charge in [-0.2, -0.15) is 0 Å². The number of aliphatic imine (C=N–C) groups is 1. The lowest BCUT2D eigenvalue weighted by atomic mass is 10.1. The molecule has 0 bridgehead atoms. The molecule has 29 heavy (non-hydrogen) atoms. The van der Waals surface area contributed by atoms with Gasteiger partial charge in [0.05, 0.1) is 13.7 Å². The van der Waals surface area contributed by atoms with Gasteiger partial charge in [0.2, 0.25) is 5.95 Å². The number of nitrogens with one attached hydrogen (secondary N) is 1. The minimum atomic E-state index is 0.114. The van der Waals surface area contributed by atoms with Gasteiger partial charge in [0, 0.05) is 35.3 Å². The van der Waals surface area contributed by atoms with Crippen molar-refractivity contribution in [2.45, 2.75) is 0 Å². The summed E-state index contributed by atoms with van der Waals surface area (Å²) in [4.78, 5) is 14.4. The van der Waals surface area contributed by atoms with Gasteiger partial charge in [-0.3, -0.25) is 4.99 Å². The van der Waals surface area contributed by atoms with E-state index in [-0.39, 0.29) is 5.75 Å². The van der Waals surface area contributed by atoms with Crippen LogP contribution in [0.1, 0.15) is 5.56 Å². The lowest BCUT2D eigenvalue weighted by Crippen LogP contribution is -2.07. The van der Waals surface area contributed by atoms with E-state index >= 15 is 0 Å². The minimum absolute atomic E-state index is 0.114. The highest BCUT2D eigenvalue weighted by atomic mass is 32.1. The van der Waals surface area contributed by atoms with E-state index in [1.165, 1.54) is 12.7 Å². The van der Waals surface area contributed by atoms with Crippen LogP contribution in [0.5, 0.6) is 11.5 Å². The largest absolute Gasteiger partial charge is 0.504 e. The van der Waals surface area contributed by atoms with E-state index in [1.54, 1.807) is 35.8 Å². The molecule has 0 saturated heterocycles. The van der Waals surface area contributed by atoms with Gasteiger partial charge in [-0.1, -0.05) is 30.3 Å². The summed E-state index contributed by atoms with van der Waals surface area (Å²) >= 11 is 1.62. The number of hydrogen-bond donors (Lipinski definition) is 2. The van der Waals surface area contributed by atoms with Crippen molar-refractivity contribution in [3.8, 4) is 22.6 Å². The SMILES string of the molecule is COc1cc(C=NCCNc2ncc3c(-c4ccccc4)csc3n2)ccc1O. The smallest absolute Gasteiger partial charge is 0.224 e. The first kappa shape index (κ1) is 18.9. The maximum Gasteiger partial charge on any atom is 0.224 e. The Morgan fingerprint density at radius 3 is 2.90 bits per heavy atom. The third-order valence-electron chi connectivity index (χ3n) is 4.39. The normalized spacial score (nSPS) is 11.2. The predicted molar refractivity (Wildman–Crippen MR) is 118 cm³/mol. The molecule has 0 spiro atoms. The summed E-state index contributed by atoms with van der Waals surface area (Å²) in [6.07, 6.45) is 3.62. The second-order valence-corrected chi connectivity index (χ2v) is 7.18. The second kappa shape index (κ2) is 8.70. The lowest BCUT2D eigenvalue weighted by Gasteiger charge is -2.04. The fraction of sp³-hybridized carbons (Fsp3) is 0.136. The average Bonchev–Trinajstić information content (AvgIpc) is 3.18. The fourth-order valence-electron chi connectivity index (χ4n) is 2.92. The van der Waals surface area contributed by atoms with E-state index in [0.717, 1.165) is 21.3 Å². The number of rotatable bonds is 7. The number of ether oxygens (including phenoxy) is 1. The highest BCUT2D eigenvalue weighted by molar-refractivity contribution is 7.17. The standard InChI is InChI=1S/C22H20N4O2S/c1-28-20-11-15(7-8-19(20)27)12-23-9-10-24-22-25-13-17-18(14-29-21(17)26-22)16-5-3-2-4-6-16/h2-8,11-14,27H,9-10H2,1H3,(H,24,25,26). The Balaban J connectivity index is 1.37. The van der Waals surface area contributed by atoms with Gasteiger partial charge in [-0.05, 0) is 29.3 Å². The van der Waals surface area contributed by atoms with E-state index in [2.05, 4.69) is 37.8 Å². The first-order valence-electron chi connectivity index (χ1n) is 9.15. The summed E-state index contributed by atoms with van der Waals surface area (Å²) in [5, 5.41) is 16.0. The van der Waals surface area contributed by atoms with Crippen molar-refractivity contribution < 1.29 is 9.84 Å². The molecule has 2 N–H and O–H groups in total. The van der Waals surface area contributed by atoms with Crippen LogP contribution in [0.4, 0.5) is 5.95 Å². The molecular weight excluding hydrogens is 384 g/mol. The topological polar surface area (TPSA) is 79.6 Å². The van der Waals surface area contributed by atoms with Crippen LogP contribution in [0.15, 0.2) is 65.1 Å². The molecule has 0 saturated carbocycles. The number of aromatic nitrogens is 2. The first-order chi connectivity index (χ1) is 14.2. The molecule has 2 aromatic heterocycles. The molecule has 0 atom stereocenters. The summed E-state index contributed by atoms with van der Waals surface area (Å²) in [6, 6.07) is 15.4. The van der Waals surface area contributed by atoms with Crippen molar-refractivity contribution in [2.24, 2.45) is 4.99 Å². The molecule has 0 aliphatic heterocycles. The molecule has 4 rings (SSSR count). The van der Waals surface area contributed by atoms with Crippen LogP contribution in [0.3, 0.4) is 0 Å². The molecule has 0 unspecified atom stereocenters. The summed E-state index contributed by atoms with van der Waals surface area (Å²) in [6.45, 7) is 1.19. The van der Waals surface area contributed by atoms with E-state index < -0.39 is 0 Å². The van der Waals surface area contributed by atoms with Gasteiger partial charge in [0.15, 0.2) is 11.5 Å². The zero-order valence-corrected chi connectivity index (χ0v) is 16.7. The number of fused-ring (bicyclic) bond motifs is 1. The van der Waals surface area contributed by atoms with E-state index in [4.69, 9.17) is 4.74 Å². The molecule has 2 heterocycles. The highest BCUT2D eigenvalue weighted by Crippen LogP contribution is 2.32. The molecule has 7 heteroatoms. The summed E-state index contributed by atoms with van der Waals surface area (Å²) < 4.78 is 5.10. The maximum absolute atomic E-state index is 9.62. The Labute approximate surface area is 172 Å². The van der Waals surface area contributed by atoms with Gasteiger partial charge >= 0.3 is 0 Å². The van der Waals surface area contributed by atoms with Crippen LogP contribution in [-0.4, -0.2) is 41.5 Å². The van der Waals surface area contributed by atoms with Crippen molar-refractivity contribution in [3.63, 3.8) is 0 Å². The highest BCUT2D eigenvalue weighted by Gasteiger charge is 2.08. The summed E-state index contributed by atoms with van der Waals surface area (Å²) in [5.41, 5.74) is 3.19.